The van der Waals surface area contributed by atoms with Gasteiger partial charge in [-0.25, -0.2) is 0 Å². The van der Waals surface area contributed by atoms with Crippen LogP contribution in [0, 0.1) is 0 Å². The highest BCUT2D eigenvalue weighted by atomic mass is 35.5. The summed E-state index contributed by atoms with van der Waals surface area (Å²) in [6.07, 6.45) is 3.31. The van der Waals surface area contributed by atoms with Crippen molar-refractivity contribution in [3.8, 4) is 0 Å². The van der Waals surface area contributed by atoms with Crippen LogP contribution in [0.4, 0.5) is 11.4 Å². The Balaban J connectivity index is 1.32. The Bertz CT molecular complexity index is 1090. The second-order valence-corrected chi connectivity index (χ2v) is 8.57. The molecule has 6 heteroatoms. The van der Waals surface area contributed by atoms with Gasteiger partial charge in [0.15, 0.2) is 0 Å². The fourth-order valence-corrected chi connectivity index (χ4v) is 4.27. The number of halogens is 2. The molecule has 0 unspecified atom stereocenters. The maximum atomic E-state index is 12.2. The largest absolute Gasteiger partial charge is 0.368 e. The van der Waals surface area contributed by atoms with E-state index in [4.69, 9.17) is 23.2 Å². The lowest BCUT2D eigenvalue weighted by atomic mass is 10.2. The van der Waals surface area contributed by atoms with Crippen LogP contribution in [0.25, 0.3) is 6.08 Å². The van der Waals surface area contributed by atoms with Crippen molar-refractivity contribution < 1.29 is 4.79 Å². The summed E-state index contributed by atoms with van der Waals surface area (Å²) in [6, 6.07) is 23.4. The van der Waals surface area contributed by atoms with E-state index in [0.29, 0.717) is 10.7 Å². The first-order valence-corrected chi connectivity index (χ1v) is 11.4. The maximum Gasteiger partial charge on any atom is 0.248 e. The van der Waals surface area contributed by atoms with Gasteiger partial charge in [-0.1, -0.05) is 71.7 Å². The Kier molecular flexibility index (Phi) is 7.48. The minimum Gasteiger partial charge on any atom is -0.368 e. The van der Waals surface area contributed by atoms with Gasteiger partial charge in [0.2, 0.25) is 5.91 Å². The second kappa shape index (κ2) is 10.7. The third-order valence-electron chi connectivity index (χ3n) is 5.51. The van der Waals surface area contributed by atoms with E-state index in [9.17, 15) is 4.79 Å². The first-order valence-electron chi connectivity index (χ1n) is 10.6. The number of piperazine rings is 1. The van der Waals surface area contributed by atoms with E-state index in [1.54, 1.807) is 12.1 Å². The Morgan fingerprint density at radius 3 is 2.31 bits per heavy atom. The van der Waals surface area contributed by atoms with Gasteiger partial charge < -0.3 is 10.2 Å². The molecule has 1 aliphatic rings. The number of hydrogen-bond donors (Lipinski definition) is 1. The lowest BCUT2D eigenvalue weighted by Gasteiger charge is -2.36. The molecular formula is C26H25Cl2N3O. The second-order valence-electron chi connectivity index (χ2n) is 7.75. The molecule has 32 heavy (non-hydrogen) atoms. The lowest BCUT2D eigenvalue weighted by Crippen LogP contribution is -2.46. The number of carbonyl (C=O) groups is 1. The molecule has 0 atom stereocenters. The highest BCUT2D eigenvalue weighted by molar-refractivity contribution is 6.33. The van der Waals surface area contributed by atoms with E-state index in [-0.39, 0.29) is 5.91 Å². The molecule has 3 aromatic rings. The molecule has 0 spiro atoms. The SMILES string of the molecule is O=C(C=Cc1ccccc1)Nc1ccc(N2CCN(Cc3ccccc3Cl)CC2)c(Cl)c1. The summed E-state index contributed by atoms with van der Waals surface area (Å²) in [4.78, 5) is 16.9. The lowest BCUT2D eigenvalue weighted by molar-refractivity contribution is -0.111. The van der Waals surface area contributed by atoms with Crippen molar-refractivity contribution in [1.29, 1.82) is 0 Å². The zero-order chi connectivity index (χ0) is 22.3. The summed E-state index contributed by atoms with van der Waals surface area (Å²) in [5.41, 5.74) is 3.80. The van der Waals surface area contributed by atoms with Crippen LogP contribution in [-0.4, -0.2) is 37.0 Å². The molecule has 1 aliphatic heterocycles. The van der Waals surface area contributed by atoms with Crippen molar-refractivity contribution >= 4 is 46.6 Å². The fraction of sp³-hybridized carbons (Fsp3) is 0.192. The average Bonchev–Trinajstić information content (AvgIpc) is 2.81. The van der Waals surface area contributed by atoms with Gasteiger partial charge in [0.25, 0.3) is 0 Å². The van der Waals surface area contributed by atoms with E-state index >= 15 is 0 Å². The van der Waals surface area contributed by atoms with Crippen LogP contribution in [0.15, 0.2) is 78.9 Å². The van der Waals surface area contributed by atoms with Gasteiger partial charge in [0, 0.05) is 49.5 Å². The molecule has 0 aliphatic carbocycles. The molecule has 1 amide bonds. The molecule has 0 bridgehead atoms. The fourth-order valence-electron chi connectivity index (χ4n) is 3.78. The van der Waals surface area contributed by atoms with E-state index in [2.05, 4.69) is 21.2 Å². The average molecular weight is 466 g/mol. The van der Waals surface area contributed by atoms with Crippen LogP contribution >= 0.6 is 23.2 Å². The van der Waals surface area contributed by atoms with Crippen molar-refractivity contribution in [2.75, 3.05) is 36.4 Å². The molecule has 1 heterocycles. The zero-order valence-electron chi connectivity index (χ0n) is 17.7. The minimum atomic E-state index is -0.189. The molecular weight excluding hydrogens is 441 g/mol. The van der Waals surface area contributed by atoms with Gasteiger partial charge in [0.1, 0.15) is 0 Å². The summed E-state index contributed by atoms with van der Waals surface area (Å²) < 4.78 is 0. The quantitative estimate of drug-likeness (QED) is 0.455. The van der Waals surface area contributed by atoms with Crippen molar-refractivity contribution in [3.05, 3.63) is 100 Å². The number of nitrogens with zero attached hydrogens (tertiary/aromatic N) is 2. The van der Waals surface area contributed by atoms with Gasteiger partial charge in [-0.2, -0.15) is 0 Å². The Labute approximate surface area is 199 Å². The maximum absolute atomic E-state index is 12.2. The summed E-state index contributed by atoms with van der Waals surface area (Å²) in [5.74, 6) is -0.189. The molecule has 164 valence electrons. The molecule has 4 nitrogen and oxygen atoms in total. The zero-order valence-corrected chi connectivity index (χ0v) is 19.2. The van der Waals surface area contributed by atoms with Crippen LogP contribution in [0.3, 0.4) is 0 Å². The Morgan fingerprint density at radius 2 is 1.59 bits per heavy atom. The molecule has 0 saturated carbocycles. The van der Waals surface area contributed by atoms with Crippen molar-refractivity contribution in [2.45, 2.75) is 6.54 Å². The van der Waals surface area contributed by atoms with E-state index in [1.165, 1.54) is 6.08 Å². The smallest absolute Gasteiger partial charge is 0.248 e. The number of amides is 1. The van der Waals surface area contributed by atoms with E-state index in [1.807, 2.05) is 60.7 Å². The molecule has 1 fully saturated rings. The van der Waals surface area contributed by atoms with Crippen LogP contribution in [0.1, 0.15) is 11.1 Å². The van der Waals surface area contributed by atoms with Gasteiger partial charge in [-0.15, -0.1) is 0 Å². The molecule has 3 aromatic carbocycles. The van der Waals surface area contributed by atoms with Crippen LogP contribution in [0.5, 0.6) is 0 Å². The number of hydrogen-bond acceptors (Lipinski definition) is 3. The van der Waals surface area contributed by atoms with E-state index in [0.717, 1.165) is 54.6 Å². The van der Waals surface area contributed by atoms with Gasteiger partial charge in [0.05, 0.1) is 10.7 Å². The molecule has 0 radical (unpaired) electrons. The number of benzene rings is 3. The standard InChI is InChI=1S/C26H25Cl2N3O/c27-23-9-5-4-8-21(23)19-30-14-16-31(17-15-30)25-12-11-22(18-24(25)28)29-26(32)13-10-20-6-2-1-3-7-20/h1-13,18H,14-17,19H2,(H,29,32). The number of nitrogens with one attached hydrogen (secondary N) is 1. The Morgan fingerprint density at radius 1 is 0.875 bits per heavy atom. The van der Waals surface area contributed by atoms with Crippen molar-refractivity contribution in [3.63, 3.8) is 0 Å². The van der Waals surface area contributed by atoms with Gasteiger partial charge >= 0.3 is 0 Å². The van der Waals surface area contributed by atoms with Gasteiger partial charge in [-0.3, -0.25) is 9.69 Å². The molecule has 0 aromatic heterocycles. The monoisotopic (exact) mass is 465 g/mol. The number of rotatable bonds is 6. The molecule has 1 saturated heterocycles. The van der Waals surface area contributed by atoms with E-state index < -0.39 is 0 Å². The normalized spacial score (nSPS) is 14.6. The Hall–Kier alpha value is -2.79. The predicted molar refractivity (Wildman–Crippen MR) is 134 cm³/mol. The highest BCUT2D eigenvalue weighted by Crippen LogP contribution is 2.30. The summed E-state index contributed by atoms with van der Waals surface area (Å²) in [7, 11) is 0. The van der Waals surface area contributed by atoms with Crippen LogP contribution in [0.2, 0.25) is 10.0 Å². The highest BCUT2D eigenvalue weighted by Gasteiger charge is 2.20. The van der Waals surface area contributed by atoms with Crippen molar-refractivity contribution in [2.24, 2.45) is 0 Å². The number of carbonyl (C=O) groups excluding carboxylic acids is 1. The summed E-state index contributed by atoms with van der Waals surface area (Å²) in [5, 5.41) is 4.32. The third kappa shape index (κ3) is 5.92. The van der Waals surface area contributed by atoms with Crippen LogP contribution < -0.4 is 10.2 Å². The first-order chi connectivity index (χ1) is 15.6. The predicted octanol–water partition coefficient (Wildman–Crippen LogP) is 5.97. The topological polar surface area (TPSA) is 35.6 Å². The van der Waals surface area contributed by atoms with Crippen LogP contribution in [-0.2, 0) is 11.3 Å². The molecule has 1 N–H and O–H groups in total. The van der Waals surface area contributed by atoms with Crippen molar-refractivity contribution in [1.82, 2.24) is 4.90 Å². The molecule has 4 rings (SSSR count). The van der Waals surface area contributed by atoms with Gasteiger partial charge in [-0.05, 0) is 41.5 Å². The number of anilines is 2. The first kappa shape index (κ1) is 22.4. The summed E-state index contributed by atoms with van der Waals surface area (Å²) in [6.45, 7) is 4.49. The third-order valence-corrected chi connectivity index (χ3v) is 6.18. The minimum absolute atomic E-state index is 0.189. The summed E-state index contributed by atoms with van der Waals surface area (Å²) >= 11 is 12.9.